The number of rotatable bonds is 7. The quantitative estimate of drug-likeness (QED) is 0.679. The molecule has 1 aromatic carbocycles. The molecule has 0 saturated carbocycles. The standard InChI is InChI=1S/C26H36N4O/c1-2-22-8-10-24(11-9-22)21-28-15-5-6-23(20-28)12-13-26(31)30-18-16-29(17-19-30)25-7-3-4-14-27-25/h3-4,7-11,14,23H,2,5-6,12-13,15-21H2,1H3/t23-/m0/s1. The molecule has 5 heteroatoms. The summed E-state index contributed by atoms with van der Waals surface area (Å²) in [5, 5.41) is 0. The Bertz CT molecular complexity index is 815. The first-order valence-corrected chi connectivity index (χ1v) is 11.9. The molecular formula is C26H36N4O. The summed E-state index contributed by atoms with van der Waals surface area (Å²) in [7, 11) is 0. The zero-order chi connectivity index (χ0) is 21.5. The van der Waals surface area contributed by atoms with Crippen molar-refractivity contribution in [3.8, 4) is 0 Å². The van der Waals surface area contributed by atoms with Crippen molar-refractivity contribution in [3.05, 3.63) is 59.8 Å². The average Bonchev–Trinajstić information content (AvgIpc) is 2.84. The van der Waals surface area contributed by atoms with Crippen molar-refractivity contribution < 1.29 is 4.79 Å². The van der Waals surface area contributed by atoms with Gasteiger partial charge in [-0.2, -0.15) is 0 Å². The third-order valence-electron chi connectivity index (χ3n) is 6.81. The number of likely N-dealkylation sites (tertiary alicyclic amines) is 1. The van der Waals surface area contributed by atoms with E-state index in [4.69, 9.17) is 0 Å². The van der Waals surface area contributed by atoms with Gasteiger partial charge in [0.05, 0.1) is 0 Å². The van der Waals surface area contributed by atoms with Crippen LogP contribution in [0.4, 0.5) is 5.82 Å². The van der Waals surface area contributed by atoms with Crippen molar-refractivity contribution in [2.45, 2.75) is 45.6 Å². The number of piperazine rings is 1. The predicted molar refractivity (Wildman–Crippen MR) is 126 cm³/mol. The Morgan fingerprint density at radius 3 is 2.48 bits per heavy atom. The highest BCUT2D eigenvalue weighted by Gasteiger charge is 2.24. The lowest BCUT2D eigenvalue weighted by molar-refractivity contribution is -0.131. The lowest BCUT2D eigenvalue weighted by Crippen LogP contribution is -2.49. The molecule has 0 radical (unpaired) electrons. The summed E-state index contributed by atoms with van der Waals surface area (Å²) < 4.78 is 0. The van der Waals surface area contributed by atoms with Gasteiger partial charge >= 0.3 is 0 Å². The zero-order valence-electron chi connectivity index (χ0n) is 18.9. The monoisotopic (exact) mass is 420 g/mol. The topological polar surface area (TPSA) is 39.7 Å². The maximum atomic E-state index is 12.8. The van der Waals surface area contributed by atoms with E-state index < -0.39 is 0 Å². The van der Waals surface area contributed by atoms with Crippen LogP contribution in [0.15, 0.2) is 48.7 Å². The molecule has 3 heterocycles. The second-order valence-electron chi connectivity index (χ2n) is 9.01. The predicted octanol–water partition coefficient (Wildman–Crippen LogP) is 3.99. The Kier molecular flexibility index (Phi) is 7.57. The molecule has 0 N–H and O–H groups in total. The van der Waals surface area contributed by atoms with Gasteiger partial charge in [0, 0.05) is 51.9 Å². The number of aryl methyl sites for hydroxylation is 1. The molecule has 0 aliphatic carbocycles. The minimum atomic E-state index is 0.327. The van der Waals surface area contributed by atoms with Crippen molar-refractivity contribution in [3.63, 3.8) is 0 Å². The molecule has 0 bridgehead atoms. The van der Waals surface area contributed by atoms with Crippen LogP contribution in [0.25, 0.3) is 0 Å². The molecule has 2 aromatic rings. The number of benzene rings is 1. The van der Waals surface area contributed by atoms with Crippen LogP contribution in [-0.4, -0.2) is 60.0 Å². The van der Waals surface area contributed by atoms with Crippen molar-refractivity contribution in [1.82, 2.24) is 14.8 Å². The maximum Gasteiger partial charge on any atom is 0.222 e. The third-order valence-corrected chi connectivity index (χ3v) is 6.81. The highest BCUT2D eigenvalue weighted by molar-refractivity contribution is 5.76. The van der Waals surface area contributed by atoms with Gasteiger partial charge in [-0.05, 0) is 61.4 Å². The van der Waals surface area contributed by atoms with Gasteiger partial charge in [0.2, 0.25) is 5.91 Å². The fourth-order valence-corrected chi connectivity index (χ4v) is 4.88. The smallest absolute Gasteiger partial charge is 0.222 e. The fourth-order valence-electron chi connectivity index (χ4n) is 4.88. The molecule has 166 valence electrons. The van der Waals surface area contributed by atoms with Gasteiger partial charge in [0.25, 0.3) is 0 Å². The van der Waals surface area contributed by atoms with Gasteiger partial charge in [-0.15, -0.1) is 0 Å². The highest BCUT2D eigenvalue weighted by atomic mass is 16.2. The Hall–Kier alpha value is -2.40. The number of aromatic nitrogens is 1. The molecule has 2 aliphatic rings. The normalized spacial score (nSPS) is 20.1. The SMILES string of the molecule is CCc1ccc(CN2CCC[C@@H](CCC(=O)N3CCN(c4ccccn4)CC3)C2)cc1. The maximum absolute atomic E-state index is 12.8. The van der Waals surface area contributed by atoms with E-state index >= 15 is 0 Å². The number of piperidine rings is 1. The van der Waals surface area contributed by atoms with E-state index in [-0.39, 0.29) is 0 Å². The summed E-state index contributed by atoms with van der Waals surface area (Å²) in [5.74, 6) is 1.98. The number of nitrogens with zero attached hydrogens (tertiary/aromatic N) is 4. The van der Waals surface area contributed by atoms with Crippen LogP contribution in [0.2, 0.25) is 0 Å². The van der Waals surface area contributed by atoms with Crippen LogP contribution in [0.1, 0.15) is 43.7 Å². The largest absolute Gasteiger partial charge is 0.353 e. The van der Waals surface area contributed by atoms with E-state index in [2.05, 4.69) is 50.9 Å². The number of amides is 1. The van der Waals surface area contributed by atoms with E-state index in [9.17, 15) is 4.79 Å². The minimum Gasteiger partial charge on any atom is -0.353 e. The van der Waals surface area contributed by atoms with Crippen LogP contribution in [0.3, 0.4) is 0 Å². The number of pyridine rings is 1. The Morgan fingerprint density at radius 1 is 1.00 bits per heavy atom. The van der Waals surface area contributed by atoms with Crippen molar-refractivity contribution >= 4 is 11.7 Å². The van der Waals surface area contributed by atoms with E-state index in [1.807, 2.05) is 24.4 Å². The second-order valence-corrected chi connectivity index (χ2v) is 9.01. The molecule has 0 unspecified atom stereocenters. The van der Waals surface area contributed by atoms with Crippen LogP contribution in [-0.2, 0) is 17.8 Å². The second kappa shape index (κ2) is 10.8. The first-order valence-electron chi connectivity index (χ1n) is 11.9. The molecule has 5 nitrogen and oxygen atoms in total. The van der Waals surface area contributed by atoms with Gasteiger partial charge in [0.1, 0.15) is 5.82 Å². The Balaban J connectivity index is 1.19. The first kappa shape index (κ1) is 21.8. The van der Waals surface area contributed by atoms with Crippen molar-refractivity contribution in [1.29, 1.82) is 0 Å². The third kappa shape index (κ3) is 6.07. The number of carbonyl (C=O) groups excluding carboxylic acids is 1. The van der Waals surface area contributed by atoms with Gasteiger partial charge in [-0.3, -0.25) is 9.69 Å². The molecule has 1 aromatic heterocycles. The van der Waals surface area contributed by atoms with Crippen LogP contribution >= 0.6 is 0 Å². The van der Waals surface area contributed by atoms with E-state index in [0.29, 0.717) is 18.2 Å². The molecule has 1 atom stereocenters. The number of anilines is 1. The number of hydrogen-bond acceptors (Lipinski definition) is 4. The molecule has 2 fully saturated rings. The molecule has 2 saturated heterocycles. The van der Waals surface area contributed by atoms with Crippen LogP contribution in [0, 0.1) is 5.92 Å². The molecule has 4 rings (SSSR count). The van der Waals surface area contributed by atoms with Crippen LogP contribution in [0.5, 0.6) is 0 Å². The molecule has 2 aliphatic heterocycles. The minimum absolute atomic E-state index is 0.327. The molecule has 1 amide bonds. The highest BCUT2D eigenvalue weighted by Crippen LogP contribution is 2.23. The Morgan fingerprint density at radius 2 is 1.77 bits per heavy atom. The van der Waals surface area contributed by atoms with Gasteiger partial charge in [-0.1, -0.05) is 37.3 Å². The molecule has 0 spiro atoms. The van der Waals surface area contributed by atoms with Crippen LogP contribution < -0.4 is 4.90 Å². The summed E-state index contributed by atoms with van der Waals surface area (Å²) in [6, 6.07) is 15.1. The van der Waals surface area contributed by atoms with E-state index in [1.54, 1.807) is 0 Å². The summed E-state index contributed by atoms with van der Waals surface area (Å²) in [4.78, 5) is 24.1. The first-order chi connectivity index (χ1) is 15.2. The van der Waals surface area contributed by atoms with Gasteiger partial charge < -0.3 is 9.80 Å². The van der Waals surface area contributed by atoms with Gasteiger partial charge in [-0.25, -0.2) is 4.98 Å². The molecular weight excluding hydrogens is 384 g/mol. The lowest BCUT2D eigenvalue weighted by Gasteiger charge is -2.36. The zero-order valence-corrected chi connectivity index (χ0v) is 18.9. The average molecular weight is 421 g/mol. The van der Waals surface area contributed by atoms with E-state index in [0.717, 1.165) is 57.9 Å². The lowest BCUT2D eigenvalue weighted by atomic mass is 9.92. The Labute approximate surface area is 187 Å². The summed E-state index contributed by atoms with van der Waals surface area (Å²) >= 11 is 0. The summed E-state index contributed by atoms with van der Waals surface area (Å²) in [6.45, 7) is 8.88. The summed E-state index contributed by atoms with van der Waals surface area (Å²) in [5.41, 5.74) is 2.80. The van der Waals surface area contributed by atoms with Crippen molar-refractivity contribution in [2.75, 3.05) is 44.2 Å². The van der Waals surface area contributed by atoms with E-state index in [1.165, 1.54) is 30.5 Å². The number of hydrogen-bond donors (Lipinski definition) is 0. The fraction of sp³-hybridized carbons (Fsp3) is 0.538. The molecule has 31 heavy (non-hydrogen) atoms. The number of carbonyl (C=O) groups is 1. The summed E-state index contributed by atoms with van der Waals surface area (Å²) in [6.07, 6.45) is 7.14. The van der Waals surface area contributed by atoms with Crippen molar-refractivity contribution in [2.24, 2.45) is 5.92 Å². The van der Waals surface area contributed by atoms with Gasteiger partial charge in [0.15, 0.2) is 0 Å².